The van der Waals surface area contributed by atoms with Gasteiger partial charge in [-0.25, -0.2) is 4.68 Å². The predicted molar refractivity (Wildman–Crippen MR) is 64.1 cm³/mol. The highest BCUT2D eigenvalue weighted by Crippen LogP contribution is 2.06. The highest BCUT2D eigenvalue weighted by molar-refractivity contribution is 5.92. The molecule has 0 radical (unpaired) electrons. The molecular weight excluding hydrogens is 236 g/mol. The average Bonchev–Trinajstić information content (AvgIpc) is 2.72. The van der Waals surface area contributed by atoms with Crippen LogP contribution in [0.3, 0.4) is 0 Å². The lowest BCUT2D eigenvalue weighted by atomic mass is 10.2. The predicted octanol–water partition coefficient (Wildman–Crippen LogP) is 0.623. The van der Waals surface area contributed by atoms with E-state index in [0.29, 0.717) is 6.54 Å². The van der Waals surface area contributed by atoms with Crippen molar-refractivity contribution in [1.29, 1.82) is 0 Å². The van der Waals surface area contributed by atoms with Crippen LogP contribution >= 0.6 is 0 Å². The van der Waals surface area contributed by atoms with E-state index in [0.717, 1.165) is 11.1 Å². The summed E-state index contributed by atoms with van der Waals surface area (Å²) in [6, 6.07) is 0.0714. The molecule has 0 bridgehead atoms. The second-order valence-corrected chi connectivity index (χ2v) is 4.29. The molecule has 0 aromatic carbocycles. The van der Waals surface area contributed by atoms with E-state index in [4.69, 9.17) is 5.11 Å². The van der Waals surface area contributed by atoms with Gasteiger partial charge in [0.05, 0.1) is 6.20 Å². The number of hydrogen-bond donors (Lipinski definition) is 1. The van der Waals surface area contributed by atoms with Crippen LogP contribution in [0.25, 0.3) is 0 Å². The van der Waals surface area contributed by atoms with E-state index < -0.39 is 5.97 Å². The van der Waals surface area contributed by atoms with Crippen molar-refractivity contribution in [2.75, 3.05) is 6.54 Å². The summed E-state index contributed by atoms with van der Waals surface area (Å²) in [5, 5.41) is 15.9. The highest BCUT2D eigenvalue weighted by atomic mass is 16.4. The minimum Gasteiger partial charge on any atom is -0.480 e. The van der Waals surface area contributed by atoms with E-state index in [1.807, 2.05) is 20.8 Å². The highest BCUT2D eigenvalue weighted by Gasteiger charge is 2.21. The number of nitrogens with zero attached hydrogens (tertiary/aromatic N) is 4. The van der Waals surface area contributed by atoms with E-state index in [9.17, 15) is 9.59 Å². The zero-order chi connectivity index (χ0) is 13.7. The first-order valence-electron chi connectivity index (χ1n) is 5.88. The summed E-state index contributed by atoms with van der Waals surface area (Å²) in [5.41, 5.74) is 0.179. The Morgan fingerprint density at radius 2 is 2.17 bits per heavy atom. The molecule has 0 fully saturated rings. The topological polar surface area (TPSA) is 88.3 Å². The molecule has 7 nitrogen and oxygen atoms in total. The molecule has 1 N–H and O–H groups in total. The Hall–Kier alpha value is -1.92. The molecular formula is C11H18N4O3. The fourth-order valence-electron chi connectivity index (χ4n) is 1.59. The van der Waals surface area contributed by atoms with Gasteiger partial charge in [-0.1, -0.05) is 12.1 Å². The minimum atomic E-state index is -1.02. The second kappa shape index (κ2) is 6.13. The SMILES string of the molecule is CCCN(C(=O)c1cn(CC(=O)O)nn1)C(C)C. The Labute approximate surface area is 105 Å². The van der Waals surface area contributed by atoms with Crippen molar-refractivity contribution < 1.29 is 14.7 Å². The van der Waals surface area contributed by atoms with Crippen molar-refractivity contribution in [2.24, 2.45) is 0 Å². The molecule has 1 rings (SSSR count). The molecule has 7 heteroatoms. The number of carbonyl (C=O) groups excluding carboxylic acids is 1. The number of rotatable bonds is 6. The van der Waals surface area contributed by atoms with Crippen LogP contribution in [-0.4, -0.2) is 49.5 Å². The fourth-order valence-corrected chi connectivity index (χ4v) is 1.59. The molecule has 1 aromatic heterocycles. The smallest absolute Gasteiger partial charge is 0.325 e. The molecule has 1 heterocycles. The molecule has 18 heavy (non-hydrogen) atoms. The van der Waals surface area contributed by atoms with Gasteiger partial charge < -0.3 is 10.0 Å². The number of carboxylic acids is 1. The van der Waals surface area contributed by atoms with Gasteiger partial charge in [0.1, 0.15) is 6.54 Å². The summed E-state index contributed by atoms with van der Waals surface area (Å²) in [4.78, 5) is 24.3. The molecule has 0 atom stereocenters. The Morgan fingerprint density at radius 1 is 1.50 bits per heavy atom. The lowest BCUT2D eigenvalue weighted by Gasteiger charge is -2.25. The Bertz CT molecular complexity index is 428. The van der Waals surface area contributed by atoms with E-state index >= 15 is 0 Å². The normalized spacial score (nSPS) is 10.7. The molecule has 0 aliphatic heterocycles. The van der Waals surface area contributed by atoms with Gasteiger partial charge in [-0.15, -0.1) is 5.10 Å². The lowest BCUT2D eigenvalue weighted by molar-refractivity contribution is -0.137. The first kappa shape index (κ1) is 14.1. The second-order valence-electron chi connectivity index (χ2n) is 4.29. The van der Waals surface area contributed by atoms with Crippen LogP contribution in [0, 0.1) is 0 Å². The molecule has 0 unspecified atom stereocenters. The lowest BCUT2D eigenvalue weighted by Crippen LogP contribution is -2.37. The first-order chi connectivity index (χ1) is 8.45. The van der Waals surface area contributed by atoms with Crippen LogP contribution in [0.4, 0.5) is 0 Å². The van der Waals surface area contributed by atoms with Crippen molar-refractivity contribution in [3.05, 3.63) is 11.9 Å². The van der Waals surface area contributed by atoms with Crippen molar-refractivity contribution in [3.63, 3.8) is 0 Å². The number of carbonyl (C=O) groups is 2. The Morgan fingerprint density at radius 3 is 2.67 bits per heavy atom. The third-order valence-electron chi connectivity index (χ3n) is 2.40. The molecule has 0 aliphatic rings. The summed E-state index contributed by atoms with van der Waals surface area (Å²) in [7, 11) is 0. The van der Waals surface area contributed by atoms with Crippen molar-refractivity contribution in [3.8, 4) is 0 Å². The summed E-state index contributed by atoms with van der Waals surface area (Å²) in [5.74, 6) is -1.24. The third-order valence-corrected chi connectivity index (χ3v) is 2.40. The van der Waals surface area contributed by atoms with Crippen LogP contribution in [-0.2, 0) is 11.3 Å². The number of hydrogen-bond acceptors (Lipinski definition) is 4. The summed E-state index contributed by atoms with van der Waals surface area (Å²) < 4.78 is 1.14. The molecule has 0 saturated heterocycles. The van der Waals surface area contributed by atoms with E-state index in [-0.39, 0.29) is 24.2 Å². The van der Waals surface area contributed by atoms with Crippen molar-refractivity contribution in [1.82, 2.24) is 19.9 Å². The van der Waals surface area contributed by atoms with Gasteiger partial charge in [0, 0.05) is 12.6 Å². The summed E-state index contributed by atoms with van der Waals surface area (Å²) >= 11 is 0. The molecule has 0 saturated carbocycles. The average molecular weight is 254 g/mol. The van der Waals surface area contributed by atoms with Crippen molar-refractivity contribution >= 4 is 11.9 Å². The van der Waals surface area contributed by atoms with Gasteiger partial charge in [-0.2, -0.15) is 0 Å². The monoisotopic (exact) mass is 254 g/mol. The van der Waals surface area contributed by atoms with E-state index in [2.05, 4.69) is 10.3 Å². The van der Waals surface area contributed by atoms with E-state index in [1.54, 1.807) is 4.90 Å². The van der Waals surface area contributed by atoms with Gasteiger partial charge >= 0.3 is 5.97 Å². The van der Waals surface area contributed by atoms with Crippen LogP contribution in [0.1, 0.15) is 37.7 Å². The number of carboxylic acid groups (broad SMARTS) is 1. The molecule has 1 aromatic rings. The van der Waals surface area contributed by atoms with Crippen LogP contribution in [0.15, 0.2) is 6.20 Å². The van der Waals surface area contributed by atoms with E-state index in [1.165, 1.54) is 6.20 Å². The molecule has 0 aliphatic carbocycles. The minimum absolute atomic E-state index is 0.0714. The maximum atomic E-state index is 12.1. The van der Waals surface area contributed by atoms with Crippen molar-refractivity contribution in [2.45, 2.75) is 39.8 Å². The number of aliphatic carboxylic acids is 1. The van der Waals surface area contributed by atoms with Crippen LogP contribution in [0.5, 0.6) is 0 Å². The molecule has 100 valence electrons. The van der Waals surface area contributed by atoms with Gasteiger partial charge in [-0.05, 0) is 20.3 Å². The summed E-state index contributed by atoms with van der Waals surface area (Å²) in [6.45, 7) is 6.19. The largest absolute Gasteiger partial charge is 0.480 e. The van der Waals surface area contributed by atoms with Crippen LogP contribution < -0.4 is 0 Å². The van der Waals surface area contributed by atoms with Gasteiger partial charge in [-0.3, -0.25) is 9.59 Å². The van der Waals surface area contributed by atoms with Crippen LogP contribution in [0.2, 0.25) is 0 Å². The zero-order valence-electron chi connectivity index (χ0n) is 10.8. The maximum absolute atomic E-state index is 12.1. The first-order valence-corrected chi connectivity index (χ1v) is 5.88. The fraction of sp³-hybridized carbons (Fsp3) is 0.636. The summed E-state index contributed by atoms with van der Waals surface area (Å²) in [6.07, 6.45) is 2.22. The van der Waals surface area contributed by atoms with Gasteiger partial charge in [0.15, 0.2) is 5.69 Å². The van der Waals surface area contributed by atoms with Gasteiger partial charge in [0.2, 0.25) is 0 Å². The third kappa shape index (κ3) is 3.54. The standard InChI is InChI=1S/C11H18N4O3/c1-4-5-15(8(2)3)11(18)9-6-14(13-12-9)7-10(16)17/h6,8H,4-5,7H2,1-3H3,(H,16,17). The molecule has 0 spiro atoms. The van der Waals surface area contributed by atoms with Gasteiger partial charge in [0.25, 0.3) is 5.91 Å². The molecule has 1 amide bonds. The Balaban J connectivity index is 2.81. The number of amides is 1. The maximum Gasteiger partial charge on any atom is 0.325 e. The zero-order valence-corrected chi connectivity index (χ0v) is 10.8. The Kier molecular flexibility index (Phi) is 4.82. The quantitative estimate of drug-likeness (QED) is 0.804. The number of aromatic nitrogens is 3.